The molecule has 1 aromatic rings. The highest BCUT2D eigenvalue weighted by atomic mass is 79.9. The van der Waals surface area contributed by atoms with Crippen LogP contribution in [0.25, 0.3) is 0 Å². The second kappa shape index (κ2) is 6.56. The highest BCUT2D eigenvalue weighted by molar-refractivity contribution is 9.10. The van der Waals surface area contributed by atoms with E-state index in [-0.39, 0.29) is 0 Å². The summed E-state index contributed by atoms with van der Waals surface area (Å²) in [7, 11) is 1.97. The molecule has 1 aromatic carbocycles. The van der Waals surface area contributed by atoms with Gasteiger partial charge < -0.3 is 5.32 Å². The fourth-order valence-corrected chi connectivity index (χ4v) is 2.78. The van der Waals surface area contributed by atoms with Gasteiger partial charge in [-0.25, -0.2) is 0 Å². The summed E-state index contributed by atoms with van der Waals surface area (Å²) < 4.78 is 1.20. The highest BCUT2D eigenvalue weighted by Gasteiger charge is 2.02. The van der Waals surface area contributed by atoms with Gasteiger partial charge in [0.1, 0.15) is 0 Å². The number of rotatable bonds is 5. The molecule has 0 unspecified atom stereocenters. The predicted molar refractivity (Wildman–Crippen MR) is 72.5 cm³/mol. The molecule has 3 heteroatoms. The summed E-state index contributed by atoms with van der Waals surface area (Å²) in [6.07, 6.45) is 0. The van der Waals surface area contributed by atoms with E-state index in [0.29, 0.717) is 0 Å². The Hall–Kier alpha value is 0.01000. The van der Waals surface area contributed by atoms with Gasteiger partial charge in [-0.3, -0.25) is 0 Å². The zero-order valence-corrected chi connectivity index (χ0v) is 11.9. The molecule has 0 aliphatic rings. The summed E-state index contributed by atoms with van der Waals surface area (Å²) >= 11 is 5.52. The first-order valence-corrected chi connectivity index (χ1v) is 6.97. The monoisotopic (exact) mass is 287 g/mol. The lowest BCUT2D eigenvalue weighted by Gasteiger charge is -2.08. The van der Waals surface area contributed by atoms with Gasteiger partial charge in [-0.1, -0.05) is 35.8 Å². The standard InChI is InChI=1S/C12H18BrNS/c1-9(2)8-15-11-5-4-10(7-14-3)12(13)6-11/h4-6,9,14H,7-8H2,1-3H3. The van der Waals surface area contributed by atoms with Crippen LogP contribution in [0, 0.1) is 5.92 Å². The third-order valence-electron chi connectivity index (χ3n) is 1.98. The van der Waals surface area contributed by atoms with Crippen LogP contribution < -0.4 is 5.32 Å². The van der Waals surface area contributed by atoms with E-state index in [4.69, 9.17) is 0 Å². The molecule has 0 atom stereocenters. The fourth-order valence-electron chi connectivity index (χ4n) is 1.21. The minimum atomic E-state index is 0.741. The first-order chi connectivity index (χ1) is 7.13. The van der Waals surface area contributed by atoms with Gasteiger partial charge in [0.2, 0.25) is 0 Å². The summed E-state index contributed by atoms with van der Waals surface area (Å²) in [5, 5.41) is 3.16. The number of halogens is 1. The zero-order valence-electron chi connectivity index (χ0n) is 9.51. The van der Waals surface area contributed by atoms with E-state index in [9.17, 15) is 0 Å². The molecule has 0 aliphatic heterocycles. The van der Waals surface area contributed by atoms with E-state index < -0.39 is 0 Å². The number of benzene rings is 1. The number of hydrogen-bond acceptors (Lipinski definition) is 2. The molecule has 1 rings (SSSR count). The van der Waals surface area contributed by atoms with E-state index in [0.717, 1.165) is 12.5 Å². The van der Waals surface area contributed by atoms with Crippen LogP contribution >= 0.6 is 27.7 Å². The van der Waals surface area contributed by atoms with Crippen LogP contribution in [-0.2, 0) is 6.54 Å². The molecule has 0 saturated heterocycles. The average molecular weight is 288 g/mol. The first-order valence-electron chi connectivity index (χ1n) is 5.19. The van der Waals surface area contributed by atoms with Crippen molar-refractivity contribution in [2.24, 2.45) is 5.92 Å². The molecule has 0 aliphatic carbocycles. The van der Waals surface area contributed by atoms with Crippen molar-refractivity contribution in [2.75, 3.05) is 12.8 Å². The first kappa shape index (κ1) is 13.1. The van der Waals surface area contributed by atoms with Gasteiger partial charge in [-0.2, -0.15) is 0 Å². The summed E-state index contributed by atoms with van der Waals surface area (Å²) in [5.74, 6) is 1.92. The lowest BCUT2D eigenvalue weighted by molar-refractivity contribution is 0.750. The SMILES string of the molecule is CNCc1ccc(SCC(C)C)cc1Br. The van der Waals surface area contributed by atoms with Crippen LogP contribution in [0.1, 0.15) is 19.4 Å². The fraction of sp³-hybridized carbons (Fsp3) is 0.500. The number of hydrogen-bond donors (Lipinski definition) is 1. The van der Waals surface area contributed by atoms with Gasteiger partial charge >= 0.3 is 0 Å². The Morgan fingerprint density at radius 3 is 2.67 bits per heavy atom. The summed E-state index contributed by atoms with van der Waals surface area (Å²) in [6.45, 7) is 5.41. The van der Waals surface area contributed by atoms with Crippen molar-refractivity contribution in [1.82, 2.24) is 5.32 Å². The molecule has 84 valence electrons. The van der Waals surface area contributed by atoms with Crippen molar-refractivity contribution in [3.05, 3.63) is 28.2 Å². The molecule has 15 heavy (non-hydrogen) atoms. The molecule has 0 amide bonds. The normalized spacial score (nSPS) is 11.0. The van der Waals surface area contributed by atoms with Crippen LogP contribution in [0.3, 0.4) is 0 Å². The minimum absolute atomic E-state index is 0.741. The van der Waals surface area contributed by atoms with Crippen molar-refractivity contribution in [1.29, 1.82) is 0 Å². The zero-order chi connectivity index (χ0) is 11.3. The van der Waals surface area contributed by atoms with Gasteiger partial charge in [-0.15, -0.1) is 11.8 Å². The van der Waals surface area contributed by atoms with Crippen molar-refractivity contribution in [3.63, 3.8) is 0 Å². The maximum atomic E-state index is 3.60. The molecular weight excluding hydrogens is 270 g/mol. The average Bonchev–Trinajstić information content (AvgIpc) is 2.19. The van der Waals surface area contributed by atoms with Gasteiger partial charge in [0.15, 0.2) is 0 Å². The third-order valence-corrected chi connectivity index (χ3v) is 4.13. The van der Waals surface area contributed by atoms with Gasteiger partial charge in [0.05, 0.1) is 0 Å². The maximum absolute atomic E-state index is 3.60. The lowest BCUT2D eigenvalue weighted by Crippen LogP contribution is -2.05. The van der Waals surface area contributed by atoms with E-state index >= 15 is 0 Å². The van der Waals surface area contributed by atoms with E-state index in [1.165, 1.54) is 20.7 Å². The molecule has 0 bridgehead atoms. The van der Waals surface area contributed by atoms with Crippen molar-refractivity contribution < 1.29 is 0 Å². The van der Waals surface area contributed by atoms with Crippen molar-refractivity contribution >= 4 is 27.7 Å². The summed E-state index contributed by atoms with van der Waals surface area (Å²) in [5.41, 5.74) is 1.31. The summed E-state index contributed by atoms with van der Waals surface area (Å²) in [6, 6.07) is 6.59. The van der Waals surface area contributed by atoms with E-state index in [2.05, 4.69) is 53.3 Å². The Morgan fingerprint density at radius 2 is 2.13 bits per heavy atom. The highest BCUT2D eigenvalue weighted by Crippen LogP contribution is 2.26. The maximum Gasteiger partial charge on any atom is 0.0231 e. The Balaban J connectivity index is 2.64. The quantitative estimate of drug-likeness (QED) is 0.824. The Labute approximate surface area is 105 Å². The molecule has 0 fully saturated rings. The molecule has 0 aromatic heterocycles. The third kappa shape index (κ3) is 4.58. The predicted octanol–water partition coefficient (Wildman–Crippen LogP) is 3.92. The minimum Gasteiger partial charge on any atom is -0.316 e. The topological polar surface area (TPSA) is 12.0 Å². The van der Waals surface area contributed by atoms with Gasteiger partial charge in [0.25, 0.3) is 0 Å². The molecule has 0 heterocycles. The Morgan fingerprint density at radius 1 is 1.40 bits per heavy atom. The second-order valence-corrected chi connectivity index (χ2v) is 5.94. The largest absolute Gasteiger partial charge is 0.316 e. The van der Waals surface area contributed by atoms with Crippen LogP contribution in [0.4, 0.5) is 0 Å². The Bertz CT molecular complexity index is 312. The number of nitrogens with one attached hydrogen (secondary N) is 1. The molecule has 0 saturated carbocycles. The van der Waals surface area contributed by atoms with Gasteiger partial charge in [-0.05, 0) is 30.7 Å². The molecule has 1 nitrogen and oxygen atoms in total. The summed E-state index contributed by atoms with van der Waals surface area (Å²) in [4.78, 5) is 1.34. The molecular formula is C12H18BrNS. The molecule has 1 N–H and O–H groups in total. The van der Waals surface area contributed by atoms with Crippen LogP contribution in [0.5, 0.6) is 0 Å². The van der Waals surface area contributed by atoms with E-state index in [1.807, 2.05) is 18.8 Å². The molecule has 0 spiro atoms. The van der Waals surface area contributed by atoms with Crippen molar-refractivity contribution in [3.8, 4) is 0 Å². The number of thioether (sulfide) groups is 1. The van der Waals surface area contributed by atoms with E-state index in [1.54, 1.807) is 0 Å². The Kier molecular flexibility index (Phi) is 5.72. The molecule has 0 radical (unpaired) electrons. The van der Waals surface area contributed by atoms with Crippen molar-refractivity contribution in [2.45, 2.75) is 25.3 Å². The van der Waals surface area contributed by atoms with Crippen LogP contribution in [0.15, 0.2) is 27.6 Å². The lowest BCUT2D eigenvalue weighted by atomic mass is 10.2. The van der Waals surface area contributed by atoms with Gasteiger partial charge in [0, 0.05) is 21.7 Å². The van der Waals surface area contributed by atoms with Crippen LogP contribution in [-0.4, -0.2) is 12.8 Å². The smallest absolute Gasteiger partial charge is 0.0231 e. The van der Waals surface area contributed by atoms with Crippen LogP contribution in [0.2, 0.25) is 0 Å². The second-order valence-electron chi connectivity index (χ2n) is 3.99.